The van der Waals surface area contributed by atoms with E-state index in [1.165, 1.54) is 6.20 Å². The zero-order valence-corrected chi connectivity index (χ0v) is 9.96. The second kappa shape index (κ2) is 6.00. The van der Waals surface area contributed by atoms with Gasteiger partial charge >= 0.3 is 6.18 Å². The van der Waals surface area contributed by atoms with Crippen LogP contribution in [0.3, 0.4) is 0 Å². The highest BCUT2D eigenvalue weighted by Gasteiger charge is 2.43. The lowest BCUT2D eigenvalue weighted by atomic mass is 9.97. The topological polar surface area (TPSA) is 24.9 Å². The van der Waals surface area contributed by atoms with Crippen LogP contribution in [0.4, 0.5) is 13.2 Å². The monoisotopic (exact) mass is 246 g/mol. The summed E-state index contributed by atoms with van der Waals surface area (Å²) in [5.74, 6) is -0.692. The summed E-state index contributed by atoms with van der Waals surface area (Å²) in [5.41, 5.74) is 0.457. The van der Waals surface area contributed by atoms with Crippen LogP contribution in [-0.2, 0) is 0 Å². The summed E-state index contributed by atoms with van der Waals surface area (Å²) >= 11 is 0. The van der Waals surface area contributed by atoms with Gasteiger partial charge in [-0.1, -0.05) is 19.9 Å². The minimum absolute atomic E-state index is 0.349. The van der Waals surface area contributed by atoms with Crippen LogP contribution in [-0.4, -0.2) is 23.7 Å². The largest absolute Gasteiger partial charge is 0.404 e. The van der Waals surface area contributed by atoms with E-state index in [1.54, 1.807) is 25.1 Å². The summed E-state index contributed by atoms with van der Waals surface area (Å²) in [4.78, 5) is 3.98. The van der Waals surface area contributed by atoms with Crippen LogP contribution in [0.25, 0.3) is 0 Å². The van der Waals surface area contributed by atoms with E-state index in [0.717, 1.165) is 0 Å². The third kappa shape index (κ3) is 4.00. The van der Waals surface area contributed by atoms with Crippen LogP contribution >= 0.6 is 0 Å². The molecule has 2 unspecified atom stereocenters. The van der Waals surface area contributed by atoms with Crippen molar-refractivity contribution in [1.82, 2.24) is 10.3 Å². The van der Waals surface area contributed by atoms with Crippen LogP contribution in [0.1, 0.15) is 31.9 Å². The van der Waals surface area contributed by atoms with Gasteiger partial charge in [-0.15, -0.1) is 0 Å². The zero-order valence-electron chi connectivity index (χ0n) is 9.96. The molecule has 5 heteroatoms. The molecular weight excluding hydrogens is 229 g/mol. The van der Waals surface area contributed by atoms with Gasteiger partial charge in [0.1, 0.15) is 6.04 Å². The van der Waals surface area contributed by atoms with E-state index in [2.05, 4.69) is 10.3 Å². The maximum Gasteiger partial charge on any atom is 0.404 e. The highest BCUT2D eigenvalue weighted by atomic mass is 19.4. The number of hydrogen-bond donors (Lipinski definition) is 1. The zero-order chi connectivity index (χ0) is 12.9. The molecule has 1 rings (SSSR count). The summed E-state index contributed by atoms with van der Waals surface area (Å²) < 4.78 is 38.7. The van der Waals surface area contributed by atoms with E-state index in [0.29, 0.717) is 18.7 Å². The molecule has 1 aromatic rings. The van der Waals surface area contributed by atoms with Gasteiger partial charge in [0, 0.05) is 17.8 Å². The summed E-state index contributed by atoms with van der Waals surface area (Å²) in [5, 5.41) is 2.54. The molecule has 0 saturated heterocycles. The van der Waals surface area contributed by atoms with Crippen LogP contribution in [0.2, 0.25) is 0 Å². The third-order valence-electron chi connectivity index (χ3n) is 2.62. The van der Waals surface area contributed by atoms with Crippen molar-refractivity contribution in [2.45, 2.75) is 38.4 Å². The average Bonchev–Trinajstić information content (AvgIpc) is 2.29. The van der Waals surface area contributed by atoms with E-state index in [4.69, 9.17) is 0 Å². The predicted molar refractivity (Wildman–Crippen MR) is 60.8 cm³/mol. The summed E-state index contributed by atoms with van der Waals surface area (Å²) in [7, 11) is 0. The van der Waals surface area contributed by atoms with Gasteiger partial charge in [-0.05, 0) is 25.1 Å². The van der Waals surface area contributed by atoms with Crippen molar-refractivity contribution in [2.75, 3.05) is 6.54 Å². The van der Waals surface area contributed by atoms with Gasteiger partial charge in [0.25, 0.3) is 0 Å². The first-order chi connectivity index (χ1) is 7.96. The maximum absolute atomic E-state index is 12.9. The van der Waals surface area contributed by atoms with Gasteiger partial charge < -0.3 is 5.32 Å². The number of pyridine rings is 1. The Morgan fingerprint density at radius 3 is 2.53 bits per heavy atom. The standard InChI is InChI=1S/C12H17F3N2/c1-3-7-17-11(12(13,14)15)9(2)10-6-4-5-8-16-10/h4-6,8-9,11,17H,3,7H2,1-2H3. The molecule has 0 aliphatic heterocycles. The first-order valence-electron chi connectivity index (χ1n) is 5.67. The van der Waals surface area contributed by atoms with Crippen molar-refractivity contribution < 1.29 is 13.2 Å². The molecule has 0 aliphatic rings. The lowest BCUT2D eigenvalue weighted by Gasteiger charge is -2.27. The van der Waals surface area contributed by atoms with E-state index in [1.807, 2.05) is 6.92 Å². The smallest absolute Gasteiger partial charge is 0.306 e. The predicted octanol–water partition coefficient (Wildman–Crippen LogP) is 3.12. The van der Waals surface area contributed by atoms with Crippen molar-refractivity contribution in [3.05, 3.63) is 30.1 Å². The van der Waals surface area contributed by atoms with Crippen molar-refractivity contribution in [2.24, 2.45) is 0 Å². The normalized spacial score (nSPS) is 15.6. The van der Waals surface area contributed by atoms with E-state index in [-0.39, 0.29) is 0 Å². The highest BCUT2D eigenvalue weighted by Crippen LogP contribution is 2.30. The van der Waals surface area contributed by atoms with Crippen LogP contribution in [0.5, 0.6) is 0 Å². The SMILES string of the molecule is CCCNC(C(C)c1ccccn1)C(F)(F)F. The van der Waals surface area contributed by atoms with Crippen molar-refractivity contribution >= 4 is 0 Å². The number of hydrogen-bond acceptors (Lipinski definition) is 2. The van der Waals surface area contributed by atoms with Gasteiger partial charge in [0.05, 0.1) is 0 Å². The first-order valence-corrected chi connectivity index (χ1v) is 5.67. The number of nitrogens with one attached hydrogen (secondary N) is 1. The van der Waals surface area contributed by atoms with Gasteiger partial charge in [0.2, 0.25) is 0 Å². The Hall–Kier alpha value is -1.10. The number of rotatable bonds is 5. The van der Waals surface area contributed by atoms with Gasteiger partial charge in [-0.25, -0.2) is 0 Å². The minimum Gasteiger partial charge on any atom is -0.306 e. The molecule has 1 aromatic heterocycles. The number of halogens is 3. The van der Waals surface area contributed by atoms with Crippen molar-refractivity contribution in [3.8, 4) is 0 Å². The average molecular weight is 246 g/mol. The first kappa shape index (κ1) is 14.0. The molecule has 0 amide bonds. The van der Waals surface area contributed by atoms with E-state index >= 15 is 0 Å². The lowest BCUT2D eigenvalue weighted by Crippen LogP contribution is -2.46. The fourth-order valence-electron chi connectivity index (χ4n) is 1.69. The number of aromatic nitrogens is 1. The molecule has 0 bridgehead atoms. The quantitative estimate of drug-likeness (QED) is 0.863. The Kier molecular flexibility index (Phi) is 4.93. The van der Waals surface area contributed by atoms with Crippen LogP contribution in [0.15, 0.2) is 24.4 Å². The Balaban J connectivity index is 2.83. The van der Waals surface area contributed by atoms with E-state index < -0.39 is 18.1 Å². The molecule has 0 aromatic carbocycles. The minimum atomic E-state index is -4.26. The molecule has 1 N–H and O–H groups in total. The Bertz CT molecular complexity index is 324. The van der Waals surface area contributed by atoms with Crippen molar-refractivity contribution in [3.63, 3.8) is 0 Å². The fraction of sp³-hybridized carbons (Fsp3) is 0.583. The molecule has 0 aliphatic carbocycles. The lowest BCUT2D eigenvalue weighted by molar-refractivity contribution is -0.160. The molecule has 2 nitrogen and oxygen atoms in total. The summed E-state index contributed by atoms with van der Waals surface area (Å²) in [6, 6.07) is 3.47. The molecule has 2 atom stereocenters. The Labute approximate surface area is 99.3 Å². The molecule has 0 fully saturated rings. The highest BCUT2D eigenvalue weighted by molar-refractivity contribution is 5.12. The van der Waals surface area contributed by atoms with Gasteiger partial charge in [-0.3, -0.25) is 4.98 Å². The maximum atomic E-state index is 12.9. The number of nitrogens with zero attached hydrogens (tertiary/aromatic N) is 1. The molecule has 0 saturated carbocycles. The molecule has 1 heterocycles. The van der Waals surface area contributed by atoms with Crippen LogP contribution < -0.4 is 5.32 Å². The van der Waals surface area contributed by atoms with Crippen LogP contribution in [0, 0.1) is 0 Å². The summed E-state index contributed by atoms with van der Waals surface area (Å²) in [6.07, 6.45) is -2.08. The van der Waals surface area contributed by atoms with Gasteiger partial charge in [0.15, 0.2) is 0 Å². The molecule has 96 valence electrons. The molecule has 17 heavy (non-hydrogen) atoms. The molecular formula is C12H17F3N2. The number of alkyl halides is 3. The molecule has 0 spiro atoms. The Morgan fingerprint density at radius 2 is 2.06 bits per heavy atom. The third-order valence-corrected chi connectivity index (χ3v) is 2.62. The Morgan fingerprint density at radius 1 is 1.35 bits per heavy atom. The second-order valence-corrected chi connectivity index (χ2v) is 4.02. The van der Waals surface area contributed by atoms with Gasteiger partial charge in [-0.2, -0.15) is 13.2 Å². The molecule has 0 radical (unpaired) electrons. The van der Waals surface area contributed by atoms with Crippen molar-refractivity contribution in [1.29, 1.82) is 0 Å². The summed E-state index contributed by atoms with van der Waals surface area (Å²) in [6.45, 7) is 3.73. The van der Waals surface area contributed by atoms with E-state index in [9.17, 15) is 13.2 Å². The fourth-order valence-corrected chi connectivity index (χ4v) is 1.69. The second-order valence-electron chi connectivity index (χ2n) is 4.02.